The highest BCUT2D eigenvalue weighted by molar-refractivity contribution is 6.21. The van der Waals surface area contributed by atoms with E-state index in [1.165, 1.54) is 95.5 Å². The van der Waals surface area contributed by atoms with Crippen LogP contribution < -0.4 is 5.32 Å². The number of aliphatic hydroxyl groups excluding tert-OH is 2. The maximum atomic E-state index is 13.3. The summed E-state index contributed by atoms with van der Waals surface area (Å²) in [5.41, 5.74) is 14.8. The van der Waals surface area contributed by atoms with E-state index in [2.05, 4.69) is 46.0 Å². The van der Waals surface area contributed by atoms with E-state index in [-0.39, 0.29) is 17.8 Å². The zero-order valence-corrected chi connectivity index (χ0v) is 39.0. The summed E-state index contributed by atoms with van der Waals surface area (Å²) < 4.78 is 5.81. The number of aliphatic hydroxyl groups is 2. The van der Waals surface area contributed by atoms with E-state index >= 15 is 0 Å². The molecule has 0 aromatic rings. The van der Waals surface area contributed by atoms with Crippen LogP contribution in [0.15, 0.2) is 106 Å². The molecule has 1 aliphatic carbocycles. The molecule has 0 saturated carbocycles. The van der Waals surface area contributed by atoms with Gasteiger partial charge in [0.05, 0.1) is 46.9 Å². The predicted octanol–water partition coefficient (Wildman–Crippen LogP) is 13.4. The van der Waals surface area contributed by atoms with E-state index in [4.69, 9.17) is 19.7 Å². The van der Waals surface area contributed by atoms with Gasteiger partial charge in [0.25, 0.3) is 0 Å². The Labute approximate surface area is 367 Å². The maximum Gasteiger partial charge on any atom is 0.305 e. The van der Waals surface area contributed by atoms with E-state index in [1.807, 2.05) is 19.9 Å². The Bertz CT molecular complexity index is 2040. The Morgan fingerprint density at radius 3 is 1.98 bits per heavy atom. The molecule has 0 amide bonds. The minimum Gasteiger partial charge on any atom is -0.511 e. The van der Waals surface area contributed by atoms with Crippen molar-refractivity contribution in [1.29, 1.82) is 0 Å². The van der Waals surface area contributed by atoms with Gasteiger partial charge in [-0.1, -0.05) is 124 Å². The molecule has 3 atom stereocenters. The lowest BCUT2D eigenvalue weighted by Gasteiger charge is -2.18. The van der Waals surface area contributed by atoms with Gasteiger partial charge < -0.3 is 20.3 Å². The Balaban J connectivity index is 1.11. The minimum atomic E-state index is -0.710. The Hall–Kier alpha value is -4.04. The number of hydrogen-bond donors (Lipinski definition) is 3. The molecule has 6 aliphatic rings. The fourth-order valence-electron chi connectivity index (χ4n) is 10.4. The lowest BCUT2D eigenvalue weighted by Crippen LogP contribution is -2.16. The van der Waals surface area contributed by atoms with Crippen LogP contribution in [-0.2, 0) is 9.53 Å². The molecule has 1 unspecified atom stereocenters. The van der Waals surface area contributed by atoms with Crippen molar-refractivity contribution in [2.24, 2.45) is 26.8 Å². The monoisotopic (exact) mass is 833 g/mol. The van der Waals surface area contributed by atoms with Crippen LogP contribution in [0.25, 0.3) is 0 Å². The van der Waals surface area contributed by atoms with Crippen LogP contribution in [-0.4, -0.2) is 46.0 Å². The largest absolute Gasteiger partial charge is 0.511 e. The average molecular weight is 833 g/mol. The molecule has 8 heteroatoms. The first kappa shape index (κ1) is 46.5. The molecule has 1 saturated heterocycles. The average Bonchev–Trinajstić information content (AvgIpc) is 4.00. The van der Waals surface area contributed by atoms with Crippen LogP contribution in [0.2, 0.25) is 0 Å². The number of nitrogens with one attached hydrogen (secondary N) is 1. The lowest BCUT2D eigenvalue weighted by molar-refractivity contribution is -0.144. The van der Waals surface area contributed by atoms with Crippen molar-refractivity contribution in [3.63, 3.8) is 0 Å². The molecule has 8 bridgehead atoms. The van der Waals surface area contributed by atoms with E-state index < -0.39 is 6.10 Å². The van der Waals surface area contributed by atoms with Crippen LogP contribution >= 0.6 is 0 Å². The van der Waals surface area contributed by atoms with Gasteiger partial charge in [-0.2, -0.15) is 0 Å². The third kappa shape index (κ3) is 10.8. The summed E-state index contributed by atoms with van der Waals surface area (Å²) in [5.74, 6) is 0.201. The molecule has 8 nitrogen and oxygen atoms in total. The second kappa shape index (κ2) is 21.8. The Kier molecular flexibility index (Phi) is 16.6. The highest BCUT2D eigenvalue weighted by Crippen LogP contribution is 2.47. The van der Waals surface area contributed by atoms with Gasteiger partial charge in [0.2, 0.25) is 0 Å². The van der Waals surface area contributed by atoms with E-state index in [0.29, 0.717) is 31.6 Å². The van der Waals surface area contributed by atoms with E-state index in [1.54, 1.807) is 6.92 Å². The number of esters is 1. The number of hydrogen-bond acceptors (Lipinski definition) is 8. The molecule has 3 N–H and O–H groups in total. The van der Waals surface area contributed by atoms with Crippen molar-refractivity contribution >= 4 is 23.1 Å². The quantitative estimate of drug-likeness (QED) is 0.0700. The molecular formula is C53H76N4O4. The Morgan fingerprint density at radius 2 is 1.38 bits per heavy atom. The highest BCUT2D eigenvalue weighted by atomic mass is 16.5. The molecule has 5 aliphatic heterocycles. The number of ether oxygens (including phenoxy) is 1. The van der Waals surface area contributed by atoms with Gasteiger partial charge in [-0.3, -0.25) is 4.79 Å². The lowest BCUT2D eigenvalue weighted by atomic mass is 9.85. The number of carbonyl (C=O) groups excluding carboxylic acids is 1. The fraction of sp³-hybridized carbons (Fsp3) is 0.623. The topological polar surface area (TPSA) is 116 Å². The first-order valence-electron chi connectivity index (χ1n) is 24.3. The number of nitrogens with zero attached hydrogens (tertiary/aromatic N) is 3. The number of allylic oxidation sites excluding steroid dienone is 11. The van der Waals surface area contributed by atoms with E-state index in [0.717, 1.165) is 110 Å². The normalized spacial score (nSPS) is 21.5. The first-order valence-corrected chi connectivity index (χ1v) is 24.3. The van der Waals surface area contributed by atoms with Gasteiger partial charge in [0.1, 0.15) is 5.76 Å². The van der Waals surface area contributed by atoms with Gasteiger partial charge in [0, 0.05) is 52.8 Å². The number of aliphatic imine (C=N–C) groups is 3. The molecule has 6 rings (SSSR count). The van der Waals surface area contributed by atoms with Crippen LogP contribution in [0.5, 0.6) is 0 Å². The summed E-state index contributed by atoms with van der Waals surface area (Å²) in [6.07, 6.45) is 27.6. The predicted molar refractivity (Wildman–Crippen MR) is 253 cm³/mol. The van der Waals surface area contributed by atoms with Crippen LogP contribution in [0.1, 0.15) is 190 Å². The zero-order valence-electron chi connectivity index (χ0n) is 39.0. The third-order valence-corrected chi connectivity index (χ3v) is 14.0. The molecular weight excluding hydrogens is 757 g/mol. The van der Waals surface area contributed by atoms with Gasteiger partial charge in [0.15, 0.2) is 0 Å². The van der Waals surface area contributed by atoms with Crippen molar-refractivity contribution in [2.45, 2.75) is 196 Å². The molecule has 0 aromatic heterocycles. The summed E-state index contributed by atoms with van der Waals surface area (Å²) in [7, 11) is 0. The standard InChI is InChI=1S/C53H76N4O4/c1-9-11-12-13-14-15-16-17-18-19-20-21-22-23-24-25-29-61-47(60)28-27-40-34(4)50-37(7)51-36(6)48(38(8)58)45(56-51)32-42-33(3)39(26-10-2)44(54-42)31-43-35(5)49-46(59)30-41(52(40)57-50)53(49)55-43/h31-32,34,38,40,57-59H,9-30H2,1-8H3/t34-,38?,40-/m0/s1. The van der Waals surface area contributed by atoms with Gasteiger partial charge in [-0.15, -0.1) is 0 Å². The second-order valence-corrected chi connectivity index (χ2v) is 18.6. The number of unbranched alkanes of at least 4 members (excludes halogenated alkanes) is 15. The summed E-state index contributed by atoms with van der Waals surface area (Å²) in [4.78, 5) is 28.9. The van der Waals surface area contributed by atoms with Crippen molar-refractivity contribution in [3.8, 4) is 0 Å². The smallest absolute Gasteiger partial charge is 0.305 e. The molecule has 0 aromatic carbocycles. The van der Waals surface area contributed by atoms with Crippen LogP contribution in [0, 0.1) is 11.8 Å². The molecule has 61 heavy (non-hydrogen) atoms. The molecule has 0 radical (unpaired) electrons. The molecule has 0 spiro atoms. The number of fused-ring (bicyclic) bond motifs is 5. The zero-order chi connectivity index (χ0) is 43.6. The Morgan fingerprint density at radius 1 is 0.754 bits per heavy atom. The summed E-state index contributed by atoms with van der Waals surface area (Å²) in [6.45, 7) is 17.3. The first-order chi connectivity index (χ1) is 29.5. The SMILES string of the molecule is CCCCCCCCCCCCCCCCCCOC(=O)CC[C@@H]1C2=C3CC(O)=C4C3=NC(=C4C)C=C3N=C(C=C4N=C(C(C)=C4C(C)O)C(C)=C(N2)[C@H]1C)C(C)=C3CCC. The molecule has 5 heterocycles. The summed E-state index contributed by atoms with van der Waals surface area (Å²) in [5, 5.41) is 26.5. The summed E-state index contributed by atoms with van der Waals surface area (Å²) in [6, 6.07) is 0. The van der Waals surface area contributed by atoms with Crippen molar-refractivity contribution in [1.82, 2.24) is 5.32 Å². The fourth-order valence-corrected chi connectivity index (χ4v) is 10.4. The highest BCUT2D eigenvalue weighted by Gasteiger charge is 2.42. The van der Waals surface area contributed by atoms with Crippen molar-refractivity contribution in [2.75, 3.05) is 6.61 Å². The van der Waals surface area contributed by atoms with Gasteiger partial charge in [-0.05, 0) is 93.9 Å². The van der Waals surface area contributed by atoms with Gasteiger partial charge in [-0.25, -0.2) is 15.0 Å². The van der Waals surface area contributed by atoms with Crippen molar-refractivity contribution < 1.29 is 19.7 Å². The van der Waals surface area contributed by atoms with Crippen LogP contribution in [0.4, 0.5) is 0 Å². The summed E-state index contributed by atoms with van der Waals surface area (Å²) >= 11 is 0. The van der Waals surface area contributed by atoms with Gasteiger partial charge >= 0.3 is 5.97 Å². The number of rotatable bonds is 23. The second-order valence-electron chi connectivity index (χ2n) is 18.6. The third-order valence-electron chi connectivity index (χ3n) is 14.0. The maximum absolute atomic E-state index is 13.3. The van der Waals surface area contributed by atoms with Crippen LogP contribution in [0.3, 0.4) is 0 Å². The molecule has 332 valence electrons. The molecule has 1 fully saturated rings. The van der Waals surface area contributed by atoms with Crippen molar-refractivity contribution in [3.05, 3.63) is 91.0 Å². The number of carbonyl (C=O) groups is 1. The minimum absolute atomic E-state index is 0.0165. The van der Waals surface area contributed by atoms with E-state index in [9.17, 15) is 15.0 Å².